The lowest BCUT2D eigenvalue weighted by atomic mass is 10.1. The number of rotatable bonds is 14. The van der Waals surface area contributed by atoms with Gasteiger partial charge in [-0.25, -0.2) is 14.2 Å². The Morgan fingerprint density at radius 2 is 1.94 bits per heavy atom. The summed E-state index contributed by atoms with van der Waals surface area (Å²) in [5, 5.41) is 15.1. The third-order valence-corrected chi connectivity index (χ3v) is 5.32. The predicted octanol–water partition coefficient (Wildman–Crippen LogP) is 4.47. The van der Waals surface area contributed by atoms with Gasteiger partial charge in [-0.05, 0) is 56.7 Å². The average Bonchev–Trinajstić information content (AvgIpc) is 2.85. The molecular weight excluding hydrogens is 463 g/mol. The normalized spacial score (nSPS) is 13.7. The van der Waals surface area contributed by atoms with Crippen LogP contribution in [-0.2, 0) is 27.2 Å². The van der Waals surface area contributed by atoms with Crippen molar-refractivity contribution in [2.75, 3.05) is 45.2 Å². The zero-order chi connectivity index (χ0) is 27.3. The van der Waals surface area contributed by atoms with Crippen molar-refractivity contribution in [3.8, 4) is 0 Å². The number of nitrogens with zero attached hydrogens (tertiary/aromatic N) is 2. The molecule has 0 saturated heterocycles. The van der Waals surface area contributed by atoms with Crippen molar-refractivity contribution in [1.82, 2.24) is 15.2 Å². The molecule has 2 rings (SSSR count). The van der Waals surface area contributed by atoms with Gasteiger partial charge in [-0.15, -0.1) is 0 Å². The Labute approximate surface area is 217 Å². The minimum atomic E-state index is -1.15. The third kappa shape index (κ3) is 15.0. The summed E-state index contributed by atoms with van der Waals surface area (Å²) >= 11 is 0. The number of halogens is 1. The van der Waals surface area contributed by atoms with E-state index in [4.69, 9.17) is 9.72 Å². The molecule has 1 aliphatic rings. The topological polar surface area (TPSA) is 104 Å². The number of amides is 1. The summed E-state index contributed by atoms with van der Waals surface area (Å²) in [7, 11) is 1.45. The first-order valence-electron chi connectivity index (χ1n) is 13.4. The molecule has 1 amide bonds. The molecule has 9 heteroatoms. The number of pyridine rings is 1. The van der Waals surface area contributed by atoms with Crippen LogP contribution in [0.1, 0.15) is 78.0 Å². The monoisotopic (exact) mass is 512 g/mol. The maximum atomic E-state index is 14.1. The predicted molar refractivity (Wildman–Crippen MR) is 144 cm³/mol. The SMILES string of the molecule is CC.CCC.COCC(F)CN(CCCCc1ccc2c(n1)NCCC2)CCC(NC(C)=O)C(=O)O. The molecular formula is C27H49FN4O4. The number of aryl methyl sites for hydroxylation is 2. The van der Waals surface area contributed by atoms with Crippen LogP contribution < -0.4 is 10.6 Å². The number of fused-ring (bicyclic) bond motifs is 1. The summed E-state index contributed by atoms with van der Waals surface area (Å²) < 4.78 is 19.0. The largest absolute Gasteiger partial charge is 0.480 e. The van der Waals surface area contributed by atoms with Gasteiger partial charge < -0.3 is 25.4 Å². The second kappa shape index (κ2) is 20.9. The highest BCUT2D eigenvalue weighted by atomic mass is 19.1. The van der Waals surface area contributed by atoms with E-state index in [2.05, 4.69) is 36.6 Å². The lowest BCUT2D eigenvalue weighted by Crippen LogP contribution is -2.43. The number of hydrogen-bond acceptors (Lipinski definition) is 6. The van der Waals surface area contributed by atoms with Gasteiger partial charge in [0.1, 0.15) is 18.0 Å². The molecule has 1 aromatic heterocycles. The molecule has 2 unspecified atom stereocenters. The molecule has 0 bridgehead atoms. The summed E-state index contributed by atoms with van der Waals surface area (Å²) in [6.07, 6.45) is 5.08. The number of hydrogen-bond donors (Lipinski definition) is 3. The summed E-state index contributed by atoms with van der Waals surface area (Å²) in [5.74, 6) is -0.493. The van der Waals surface area contributed by atoms with Crippen molar-refractivity contribution in [2.24, 2.45) is 0 Å². The van der Waals surface area contributed by atoms with Crippen molar-refractivity contribution in [1.29, 1.82) is 0 Å². The Morgan fingerprint density at radius 3 is 2.56 bits per heavy atom. The van der Waals surface area contributed by atoms with Crippen LogP contribution in [0.5, 0.6) is 0 Å². The molecule has 0 spiro atoms. The van der Waals surface area contributed by atoms with E-state index in [-0.39, 0.29) is 19.6 Å². The molecule has 3 N–H and O–H groups in total. The third-order valence-electron chi connectivity index (χ3n) is 5.32. The van der Waals surface area contributed by atoms with Gasteiger partial charge in [-0.1, -0.05) is 40.2 Å². The fourth-order valence-electron chi connectivity index (χ4n) is 3.77. The van der Waals surface area contributed by atoms with E-state index in [9.17, 15) is 19.1 Å². The summed E-state index contributed by atoms with van der Waals surface area (Å²) in [4.78, 5) is 29.2. The van der Waals surface area contributed by atoms with Crippen molar-refractivity contribution in [2.45, 2.75) is 91.8 Å². The summed E-state index contributed by atoms with van der Waals surface area (Å²) in [6, 6.07) is 3.24. The van der Waals surface area contributed by atoms with Gasteiger partial charge >= 0.3 is 5.97 Å². The van der Waals surface area contributed by atoms with Crippen LogP contribution in [0.4, 0.5) is 10.2 Å². The van der Waals surface area contributed by atoms with E-state index < -0.39 is 24.1 Å². The number of aliphatic carboxylic acids is 1. The number of ether oxygens (including phenoxy) is 1. The summed E-state index contributed by atoms with van der Waals surface area (Å²) in [5.41, 5.74) is 2.31. The quantitative estimate of drug-likeness (QED) is 0.316. The van der Waals surface area contributed by atoms with Crippen molar-refractivity contribution in [3.05, 3.63) is 23.4 Å². The Morgan fingerprint density at radius 1 is 1.25 bits per heavy atom. The lowest BCUT2D eigenvalue weighted by Gasteiger charge is -2.25. The van der Waals surface area contributed by atoms with E-state index in [0.717, 1.165) is 50.2 Å². The number of carbonyl (C=O) groups excluding carboxylic acids is 1. The molecule has 2 heterocycles. The minimum Gasteiger partial charge on any atom is -0.480 e. The first-order valence-corrected chi connectivity index (χ1v) is 13.4. The van der Waals surface area contributed by atoms with Gasteiger partial charge in [0.15, 0.2) is 0 Å². The van der Waals surface area contributed by atoms with Gasteiger partial charge in [0.05, 0.1) is 6.61 Å². The van der Waals surface area contributed by atoms with Crippen LogP contribution in [0.3, 0.4) is 0 Å². The molecule has 36 heavy (non-hydrogen) atoms. The van der Waals surface area contributed by atoms with Gasteiger partial charge in [0.2, 0.25) is 5.91 Å². The standard InChI is InChI=1S/C22H35FN4O4.C3H8.C2H6/c1-16(28)25-20(22(29)30)10-13-27(14-18(23)15-31-2)12-4-3-7-19-9-8-17-6-5-11-24-21(17)26-19;1-3-2;1-2/h8-9,18,20H,3-7,10-15H2,1-2H3,(H,24,26)(H,25,28)(H,29,30);3H2,1-2H3;1-2H3. The van der Waals surface area contributed by atoms with Gasteiger partial charge in [0, 0.05) is 39.4 Å². The number of aromatic nitrogens is 1. The highest BCUT2D eigenvalue weighted by Crippen LogP contribution is 2.20. The average molecular weight is 513 g/mol. The molecule has 1 aliphatic heterocycles. The number of unbranched alkanes of at least 4 members (excludes halogenated alkanes) is 1. The van der Waals surface area contributed by atoms with Crippen molar-refractivity contribution in [3.63, 3.8) is 0 Å². The van der Waals surface area contributed by atoms with Crippen LogP contribution >= 0.6 is 0 Å². The molecule has 1 aromatic rings. The molecule has 0 aromatic carbocycles. The first-order chi connectivity index (χ1) is 17.3. The summed E-state index contributed by atoms with van der Waals surface area (Å²) in [6.45, 7) is 11.7. The fraction of sp³-hybridized carbons (Fsp3) is 0.741. The van der Waals surface area contributed by atoms with Gasteiger partial charge in [-0.2, -0.15) is 0 Å². The van der Waals surface area contributed by atoms with Crippen LogP contribution in [0.25, 0.3) is 0 Å². The van der Waals surface area contributed by atoms with Crippen molar-refractivity contribution < 1.29 is 23.8 Å². The molecule has 8 nitrogen and oxygen atoms in total. The number of methoxy groups -OCH3 is 1. The zero-order valence-corrected chi connectivity index (χ0v) is 23.2. The maximum absolute atomic E-state index is 14.1. The van der Waals surface area contributed by atoms with Crippen LogP contribution in [0.2, 0.25) is 0 Å². The molecule has 208 valence electrons. The lowest BCUT2D eigenvalue weighted by molar-refractivity contribution is -0.141. The second-order valence-corrected chi connectivity index (χ2v) is 8.74. The number of carboxylic acid groups (broad SMARTS) is 1. The van der Waals surface area contributed by atoms with E-state index >= 15 is 0 Å². The van der Waals surface area contributed by atoms with E-state index in [0.29, 0.717) is 13.1 Å². The zero-order valence-electron chi connectivity index (χ0n) is 23.2. The maximum Gasteiger partial charge on any atom is 0.326 e. The minimum absolute atomic E-state index is 0.00337. The molecule has 0 saturated carbocycles. The number of carboxylic acids is 1. The highest BCUT2D eigenvalue weighted by molar-refractivity contribution is 5.82. The number of anilines is 1. The molecule has 2 atom stereocenters. The Bertz CT molecular complexity index is 736. The molecule has 0 radical (unpaired) electrons. The molecule has 0 fully saturated rings. The van der Waals surface area contributed by atoms with Gasteiger partial charge in [-0.3, -0.25) is 4.79 Å². The van der Waals surface area contributed by atoms with Crippen LogP contribution in [-0.4, -0.2) is 79.0 Å². The Hall–Kier alpha value is -2.26. The number of carbonyl (C=O) groups is 2. The smallest absolute Gasteiger partial charge is 0.326 e. The number of nitrogens with one attached hydrogen (secondary N) is 2. The highest BCUT2D eigenvalue weighted by Gasteiger charge is 2.21. The van der Waals surface area contributed by atoms with Gasteiger partial charge in [0.25, 0.3) is 0 Å². The second-order valence-electron chi connectivity index (χ2n) is 8.74. The van der Waals surface area contributed by atoms with Crippen molar-refractivity contribution >= 4 is 17.7 Å². The van der Waals surface area contributed by atoms with E-state index in [1.165, 1.54) is 26.0 Å². The Kier molecular flexibility index (Phi) is 19.6. The van der Waals surface area contributed by atoms with Crippen LogP contribution in [0, 0.1) is 0 Å². The molecule has 0 aliphatic carbocycles. The Balaban J connectivity index is 0.00000227. The number of alkyl halides is 1. The first kappa shape index (κ1) is 33.7. The van der Waals surface area contributed by atoms with E-state index in [1.807, 2.05) is 18.7 Å². The van der Waals surface area contributed by atoms with Crippen LogP contribution in [0.15, 0.2) is 12.1 Å². The van der Waals surface area contributed by atoms with E-state index in [1.54, 1.807) is 0 Å². The fourth-order valence-corrected chi connectivity index (χ4v) is 3.77.